The minimum Gasteiger partial charge on any atom is -0.495 e. The molecule has 0 saturated carbocycles. The molecule has 27 heavy (non-hydrogen) atoms. The summed E-state index contributed by atoms with van der Waals surface area (Å²) in [6.45, 7) is 0.821. The molecular formula is C18H18ClN3O5. The molecule has 142 valence electrons. The lowest BCUT2D eigenvalue weighted by Gasteiger charge is -2.13. The van der Waals surface area contributed by atoms with Gasteiger partial charge in [0.25, 0.3) is 5.91 Å². The highest BCUT2D eigenvalue weighted by molar-refractivity contribution is 6.31. The van der Waals surface area contributed by atoms with E-state index in [1.165, 1.54) is 38.3 Å². The van der Waals surface area contributed by atoms with Gasteiger partial charge in [0, 0.05) is 23.3 Å². The SMILES string of the molecule is COc1ccc(NC(C)=O)cc1NC(=O)COC(=O)c1cc(Cl)ccc1N. The highest BCUT2D eigenvalue weighted by Crippen LogP contribution is 2.28. The molecule has 0 aliphatic rings. The first-order valence-corrected chi connectivity index (χ1v) is 8.15. The third kappa shape index (κ3) is 5.61. The Morgan fingerprint density at radius 3 is 2.52 bits per heavy atom. The minimum atomic E-state index is -0.774. The number of anilines is 3. The molecule has 0 aromatic heterocycles. The van der Waals surface area contributed by atoms with E-state index in [4.69, 9.17) is 26.8 Å². The van der Waals surface area contributed by atoms with E-state index < -0.39 is 18.5 Å². The first kappa shape index (κ1) is 20.1. The van der Waals surface area contributed by atoms with E-state index in [1.54, 1.807) is 12.1 Å². The molecule has 0 unspecified atom stereocenters. The van der Waals surface area contributed by atoms with Gasteiger partial charge in [-0.3, -0.25) is 9.59 Å². The Morgan fingerprint density at radius 1 is 1.11 bits per heavy atom. The molecule has 2 rings (SSSR count). The Hall–Kier alpha value is -3.26. The molecule has 2 aromatic rings. The van der Waals surface area contributed by atoms with Crippen molar-refractivity contribution in [2.45, 2.75) is 6.92 Å². The number of carbonyl (C=O) groups is 3. The fourth-order valence-corrected chi connectivity index (χ4v) is 2.36. The van der Waals surface area contributed by atoms with Crippen LogP contribution < -0.4 is 21.1 Å². The molecule has 4 N–H and O–H groups in total. The molecule has 2 amide bonds. The van der Waals surface area contributed by atoms with Gasteiger partial charge >= 0.3 is 5.97 Å². The summed E-state index contributed by atoms with van der Waals surface area (Å²) in [4.78, 5) is 35.3. The summed E-state index contributed by atoms with van der Waals surface area (Å²) in [6.07, 6.45) is 0. The Morgan fingerprint density at radius 2 is 1.85 bits per heavy atom. The van der Waals surface area contributed by atoms with Crippen LogP contribution in [0.15, 0.2) is 36.4 Å². The fraction of sp³-hybridized carbons (Fsp3) is 0.167. The number of methoxy groups -OCH3 is 1. The number of nitrogens with one attached hydrogen (secondary N) is 2. The second-order valence-electron chi connectivity index (χ2n) is 5.45. The zero-order valence-corrected chi connectivity index (χ0v) is 15.4. The Kier molecular flexibility index (Phi) is 6.62. The van der Waals surface area contributed by atoms with Crippen molar-refractivity contribution in [3.05, 3.63) is 47.0 Å². The summed E-state index contributed by atoms with van der Waals surface area (Å²) < 4.78 is 10.1. The van der Waals surface area contributed by atoms with Crippen molar-refractivity contribution in [3.63, 3.8) is 0 Å². The first-order valence-electron chi connectivity index (χ1n) is 7.77. The van der Waals surface area contributed by atoms with Crippen LogP contribution in [0.25, 0.3) is 0 Å². The molecule has 0 saturated heterocycles. The van der Waals surface area contributed by atoms with Gasteiger partial charge in [0.15, 0.2) is 6.61 Å². The topological polar surface area (TPSA) is 120 Å². The average molecular weight is 392 g/mol. The second kappa shape index (κ2) is 8.91. The van der Waals surface area contributed by atoms with Crippen LogP contribution in [0.5, 0.6) is 5.75 Å². The van der Waals surface area contributed by atoms with Gasteiger partial charge in [-0.1, -0.05) is 11.6 Å². The molecular weight excluding hydrogens is 374 g/mol. The molecule has 0 radical (unpaired) electrons. The zero-order valence-electron chi connectivity index (χ0n) is 14.7. The van der Waals surface area contributed by atoms with E-state index in [1.807, 2.05) is 0 Å². The Bertz CT molecular complexity index is 885. The molecule has 0 heterocycles. The van der Waals surface area contributed by atoms with Gasteiger partial charge in [-0.05, 0) is 36.4 Å². The molecule has 2 aromatic carbocycles. The number of hydrogen-bond acceptors (Lipinski definition) is 6. The number of ether oxygens (including phenoxy) is 2. The van der Waals surface area contributed by atoms with Gasteiger partial charge in [-0.25, -0.2) is 4.79 Å². The number of benzene rings is 2. The summed E-state index contributed by atoms with van der Waals surface area (Å²) in [5.41, 5.74) is 6.75. The molecule has 0 spiro atoms. The maximum atomic E-state index is 12.1. The molecule has 8 nitrogen and oxygen atoms in total. The largest absolute Gasteiger partial charge is 0.495 e. The van der Waals surface area contributed by atoms with Crippen molar-refractivity contribution in [1.82, 2.24) is 0 Å². The standard InChI is InChI=1S/C18H18ClN3O5/c1-10(23)21-12-4-6-16(26-2)15(8-12)22-17(24)9-27-18(25)13-7-11(19)3-5-14(13)20/h3-8H,9,20H2,1-2H3,(H,21,23)(H,22,24). The lowest BCUT2D eigenvalue weighted by molar-refractivity contribution is -0.119. The van der Waals surface area contributed by atoms with Crippen molar-refractivity contribution in [2.24, 2.45) is 0 Å². The minimum absolute atomic E-state index is 0.0699. The van der Waals surface area contributed by atoms with Crippen LogP contribution in [0, 0.1) is 0 Å². The van der Waals surface area contributed by atoms with Crippen molar-refractivity contribution < 1.29 is 23.9 Å². The molecule has 0 bridgehead atoms. The number of esters is 1. The number of hydrogen-bond donors (Lipinski definition) is 3. The highest BCUT2D eigenvalue weighted by Gasteiger charge is 2.15. The average Bonchev–Trinajstić information content (AvgIpc) is 2.61. The van der Waals surface area contributed by atoms with Gasteiger partial charge in [0.2, 0.25) is 5.91 Å². The number of halogens is 1. The van der Waals surface area contributed by atoms with Crippen LogP contribution in [0.2, 0.25) is 5.02 Å². The highest BCUT2D eigenvalue weighted by atomic mass is 35.5. The monoisotopic (exact) mass is 391 g/mol. The molecule has 0 aliphatic heterocycles. The van der Waals surface area contributed by atoms with Crippen LogP contribution in [0.4, 0.5) is 17.1 Å². The summed E-state index contributed by atoms with van der Waals surface area (Å²) in [6, 6.07) is 9.09. The lowest BCUT2D eigenvalue weighted by atomic mass is 10.2. The third-order valence-electron chi connectivity index (χ3n) is 3.36. The number of nitrogens with two attached hydrogens (primary N) is 1. The summed E-state index contributed by atoms with van der Waals surface area (Å²) in [5, 5.41) is 5.47. The van der Waals surface area contributed by atoms with Crippen molar-refractivity contribution >= 4 is 46.4 Å². The second-order valence-corrected chi connectivity index (χ2v) is 5.89. The van der Waals surface area contributed by atoms with Gasteiger partial charge in [-0.2, -0.15) is 0 Å². The van der Waals surface area contributed by atoms with E-state index in [9.17, 15) is 14.4 Å². The van der Waals surface area contributed by atoms with Gasteiger partial charge < -0.3 is 25.8 Å². The maximum Gasteiger partial charge on any atom is 0.340 e. The fourth-order valence-electron chi connectivity index (χ4n) is 2.19. The number of carbonyl (C=O) groups excluding carboxylic acids is 3. The molecule has 0 fully saturated rings. The summed E-state index contributed by atoms with van der Waals surface area (Å²) in [7, 11) is 1.44. The smallest absolute Gasteiger partial charge is 0.340 e. The lowest BCUT2D eigenvalue weighted by Crippen LogP contribution is -2.21. The van der Waals surface area contributed by atoms with E-state index >= 15 is 0 Å². The molecule has 0 atom stereocenters. The van der Waals surface area contributed by atoms with Crippen LogP contribution in [0.1, 0.15) is 17.3 Å². The van der Waals surface area contributed by atoms with Crippen LogP contribution in [0.3, 0.4) is 0 Å². The van der Waals surface area contributed by atoms with E-state index in [-0.39, 0.29) is 17.2 Å². The first-order chi connectivity index (χ1) is 12.8. The zero-order chi connectivity index (χ0) is 20.0. The van der Waals surface area contributed by atoms with Gasteiger partial charge in [0.05, 0.1) is 18.4 Å². The van der Waals surface area contributed by atoms with Crippen LogP contribution in [-0.4, -0.2) is 31.5 Å². The van der Waals surface area contributed by atoms with Crippen molar-refractivity contribution in [3.8, 4) is 5.75 Å². The Labute approximate surface area is 160 Å². The van der Waals surface area contributed by atoms with E-state index in [0.29, 0.717) is 22.1 Å². The van der Waals surface area contributed by atoms with Crippen molar-refractivity contribution in [1.29, 1.82) is 0 Å². The maximum absolute atomic E-state index is 12.1. The van der Waals surface area contributed by atoms with Crippen LogP contribution >= 0.6 is 11.6 Å². The van der Waals surface area contributed by atoms with E-state index in [0.717, 1.165) is 0 Å². The van der Waals surface area contributed by atoms with Crippen LogP contribution in [-0.2, 0) is 14.3 Å². The molecule has 9 heteroatoms. The number of rotatable bonds is 6. The third-order valence-corrected chi connectivity index (χ3v) is 3.60. The normalized spacial score (nSPS) is 10.0. The predicted octanol–water partition coefficient (Wildman–Crippen LogP) is 2.68. The van der Waals surface area contributed by atoms with Gasteiger partial charge in [0.1, 0.15) is 5.75 Å². The number of amides is 2. The summed E-state index contributed by atoms with van der Waals surface area (Å²) in [5.74, 6) is -1.25. The van der Waals surface area contributed by atoms with Gasteiger partial charge in [-0.15, -0.1) is 0 Å². The predicted molar refractivity (Wildman–Crippen MR) is 102 cm³/mol. The Balaban J connectivity index is 2.03. The number of nitrogen functional groups attached to an aromatic ring is 1. The van der Waals surface area contributed by atoms with E-state index in [2.05, 4.69) is 10.6 Å². The van der Waals surface area contributed by atoms with Crippen molar-refractivity contribution in [2.75, 3.05) is 30.1 Å². The quantitative estimate of drug-likeness (QED) is 0.514. The molecule has 0 aliphatic carbocycles. The summed E-state index contributed by atoms with van der Waals surface area (Å²) >= 11 is 5.83.